The highest BCUT2D eigenvalue weighted by atomic mass is 16.5. The summed E-state index contributed by atoms with van der Waals surface area (Å²) in [7, 11) is 0. The lowest BCUT2D eigenvalue weighted by atomic mass is 10.1. The van der Waals surface area contributed by atoms with Gasteiger partial charge in [-0.05, 0) is 30.7 Å². The summed E-state index contributed by atoms with van der Waals surface area (Å²) in [6.07, 6.45) is 3.71. The van der Waals surface area contributed by atoms with E-state index in [9.17, 15) is 9.59 Å². The maximum absolute atomic E-state index is 12.7. The molecule has 0 saturated carbocycles. The zero-order valence-electron chi connectivity index (χ0n) is 22.0. The third-order valence-corrected chi connectivity index (χ3v) is 7.24. The Morgan fingerprint density at radius 3 is 2.72 bits per heavy atom. The molecule has 11 heteroatoms. The summed E-state index contributed by atoms with van der Waals surface area (Å²) < 4.78 is 6.08. The Kier molecular flexibility index (Phi) is 8.03. The molecule has 0 spiro atoms. The van der Waals surface area contributed by atoms with E-state index in [1.165, 1.54) is 5.56 Å². The minimum Gasteiger partial charge on any atom is -0.492 e. The van der Waals surface area contributed by atoms with Gasteiger partial charge in [-0.1, -0.05) is 12.1 Å². The summed E-state index contributed by atoms with van der Waals surface area (Å²) in [6, 6.07) is 11.7. The van der Waals surface area contributed by atoms with Gasteiger partial charge in [0.2, 0.25) is 5.91 Å². The summed E-state index contributed by atoms with van der Waals surface area (Å²) in [5.41, 5.74) is 4.17. The number of aromatic amines is 1. The Labute approximate surface area is 227 Å². The third-order valence-electron chi connectivity index (χ3n) is 7.24. The second-order valence-electron chi connectivity index (χ2n) is 9.69. The molecule has 0 radical (unpaired) electrons. The first-order valence-electron chi connectivity index (χ1n) is 13.2. The Hall–Kier alpha value is -4.43. The second-order valence-corrected chi connectivity index (χ2v) is 9.69. The van der Waals surface area contributed by atoms with Crippen molar-refractivity contribution >= 4 is 17.4 Å². The standard InChI is InChI=1S/C28H32N8O3/c1-20-24(17-32-33-28(20)38)36-18-22-3-2-4-25(23(22)19-36)39-14-9-30-8-7-27(37)35-12-10-34(11-13-35)26-6-5-21(15-29)16-31-26/h2-6,16-17,30H,7-14,18-19H2,1H3,(H,33,38). The maximum atomic E-state index is 12.7. The molecule has 3 aromatic rings. The summed E-state index contributed by atoms with van der Waals surface area (Å²) in [5.74, 6) is 1.82. The number of ether oxygens (including phenoxy) is 1. The molecule has 0 atom stereocenters. The summed E-state index contributed by atoms with van der Waals surface area (Å²) >= 11 is 0. The van der Waals surface area contributed by atoms with E-state index in [0.717, 1.165) is 35.9 Å². The largest absolute Gasteiger partial charge is 0.492 e. The number of carbonyl (C=O) groups excluding carboxylic acids is 1. The van der Waals surface area contributed by atoms with Crippen LogP contribution in [0.4, 0.5) is 11.5 Å². The fourth-order valence-electron chi connectivity index (χ4n) is 5.00. The lowest BCUT2D eigenvalue weighted by Crippen LogP contribution is -2.49. The number of nitrogens with zero attached hydrogens (tertiary/aromatic N) is 6. The highest BCUT2D eigenvalue weighted by molar-refractivity contribution is 5.76. The number of amides is 1. The number of rotatable bonds is 9. The van der Waals surface area contributed by atoms with Gasteiger partial charge in [0.25, 0.3) is 5.56 Å². The van der Waals surface area contributed by atoms with Gasteiger partial charge in [-0.25, -0.2) is 10.1 Å². The van der Waals surface area contributed by atoms with Crippen LogP contribution in [0.1, 0.15) is 28.7 Å². The predicted octanol–water partition coefficient (Wildman–Crippen LogP) is 1.57. The molecule has 2 N–H and O–H groups in total. The molecule has 1 aromatic carbocycles. The molecule has 0 unspecified atom stereocenters. The monoisotopic (exact) mass is 528 g/mol. The van der Waals surface area contributed by atoms with Crippen LogP contribution in [-0.4, -0.2) is 71.9 Å². The van der Waals surface area contributed by atoms with E-state index < -0.39 is 0 Å². The van der Waals surface area contributed by atoms with Crippen LogP contribution in [0.2, 0.25) is 0 Å². The normalized spacial score (nSPS) is 14.7. The Balaban J connectivity index is 1.02. The van der Waals surface area contributed by atoms with Crippen molar-refractivity contribution in [2.24, 2.45) is 0 Å². The van der Waals surface area contributed by atoms with Crippen LogP contribution in [0.5, 0.6) is 5.75 Å². The number of fused-ring (bicyclic) bond motifs is 1. The summed E-state index contributed by atoms with van der Waals surface area (Å²) in [5, 5.41) is 18.7. The number of nitrogens with one attached hydrogen (secondary N) is 2. The summed E-state index contributed by atoms with van der Waals surface area (Å²) in [6.45, 7) is 7.66. The first kappa shape index (κ1) is 26.2. The number of hydrogen-bond acceptors (Lipinski definition) is 9. The number of piperazine rings is 1. The van der Waals surface area contributed by atoms with Crippen LogP contribution in [0, 0.1) is 18.3 Å². The molecule has 1 amide bonds. The molecular weight excluding hydrogens is 496 g/mol. The molecule has 1 saturated heterocycles. The van der Waals surface area contributed by atoms with E-state index in [-0.39, 0.29) is 11.5 Å². The molecule has 0 aliphatic carbocycles. The molecule has 2 aliphatic rings. The van der Waals surface area contributed by atoms with Crippen LogP contribution in [-0.2, 0) is 17.9 Å². The third kappa shape index (κ3) is 6.02. The zero-order chi connectivity index (χ0) is 27.2. The average molecular weight is 529 g/mol. The first-order chi connectivity index (χ1) is 19.0. The number of nitriles is 1. The average Bonchev–Trinajstić information content (AvgIpc) is 3.41. The van der Waals surface area contributed by atoms with Crippen molar-refractivity contribution in [2.45, 2.75) is 26.4 Å². The van der Waals surface area contributed by atoms with Crippen molar-refractivity contribution < 1.29 is 9.53 Å². The van der Waals surface area contributed by atoms with E-state index >= 15 is 0 Å². The van der Waals surface area contributed by atoms with E-state index in [0.29, 0.717) is 63.4 Å². The van der Waals surface area contributed by atoms with Gasteiger partial charge in [0.05, 0.1) is 17.4 Å². The van der Waals surface area contributed by atoms with Crippen LogP contribution in [0.25, 0.3) is 0 Å². The second kappa shape index (κ2) is 12.0. The predicted molar refractivity (Wildman–Crippen MR) is 147 cm³/mol. The molecule has 1 fully saturated rings. The molecule has 5 rings (SSSR count). The van der Waals surface area contributed by atoms with Crippen molar-refractivity contribution in [3.05, 3.63) is 75.3 Å². The van der Waals surface area contributed by atoms with Crippen LogP contribution in [0.3, 0.4) is 0 Å². The van der Waals surface area contributed by atoms with Gasteiger partial charge in [0.15, 0.2) is 0 Å². The first-order valence-corrected chi connectivity index (χ1v) is 13.2. The molecule has 2 aliphatic heterocycles. The Morgan fingerprint density at radius 1 is 1.10 bits per heavy atom. The number of carbonyl (C=O) groups is 1. The van der Waals surface area contributed by atoms with Crippen molar-refractivity contribution in [1.82, 2.24) is 25.4 Å². The van der Waals surface area contributed by atoms with Gasteiger partial charge >= 0.3 is 0 Å². The van der Waals surface area contributed by atoms with Crippen molar-refractivity contribution in [1.29, 1.82) is 5.26 Å². The molecule has 11 nitrogen and oxygen atoms in total. The topological polar surface area (TPSA) is 130 Å². The molecule has 4 heterocycles. The van der Waals surface area contributed by atoms with Gasteiger partial charge in [-0.15, -0.1) is 0 Å². The van der Waals surface area contributed by atoms with E-state index in [4.69, 9.17) is 10.00 Å². The zero-order valence-corrected chi connectivity index (χ0v) is 22.0. The van der Waals surface area contributed by atoms with Gasteiger partial charge < -0.3 is 24.8 Å². The molecule has 2 aromatic heterocycles. The van der Waals surface area contributed by atoms with Gasteiger partial charge in [-0.2, -0.15) is 10.4 Å². The number of hydrogen-bond donors (Lipinski definition) is 2. The van der Waals surface area contributed by atoms with E-state index in [2.05, 4.69) is 42.4 Å². The van der Waals surface area contributed by atoms with Crippen molar-refractivity contribution in [2.75, 3.05) is 55.7 Å². The molecule has 202 valence electrons. The van der Waals surface area contributed by atoms with E-state index in [1.807, 2.05) is 30.0 Å². The quantitative estimate of drug-likeness (QED) is 0.398. The molecule has 39 heavy (non-hydrogen) atoms. The van der Waals surface area contributed by atoms with Crippen LogP contribution >= 0.6 is 0 Å². The lowest BCUT2D eigenvalue weighted by Gasteiger charge is -2.35. The van der Waals surface area contributed by atoms with Gasteiger partial charge in [0, 0.05) is 76.1 Å². The Morgan fingerprint density at radius 2 is 1.95 bits per heavy atom. The van der Waals surface area contributed by atoms with Crippen molar-refractivity contribution in [3.63, 3.8) is 0 Å². The molecule has 0 bridgehead atoms. The highest BCUT2D eigenvalue weighted by Gasteiger charge is 2.25. The minimum atomic E-state index is -0.174. The number of anilines is 2. The number of pyridine rings is 1. The maximum Gasteiger partial charge on any atom is 0.269 e. The van der Waals surface area contributed by atoms with Gasteiger partial charge in [-0.3, -0.25) is 9.59 Å². The Bertz CT molecular complexity index is 1410. The number of aromatic nitrogens is 3. The lowest BCUT2D eigenvalue weighted by molar-refractivity contribution is -0.131. The smallest absolute Gasteiger partial charge is 0.269 e. The van der Waals surface area contributed by atoms with E-state index in [1.54, 1.807) is 18.5 Å². The van der Waals surface area contributed by atoms with Crippen LogP contribution in [0.15, 0.2) is 47.5 Å². The highest BCUT2D eigenvalue weighted by Crippen LogP contribution is 2.34. The fraction of sp³-hybridized carbons (Fsp3) is 0.393. The molecular formula is C28H32N8O3. The fourth-order valence-corrected chi connectivity index (χ4v) is 5.00. The van der Waals surface area contributed by atoms with Gasteiger partial charge in [0.1, 0.15) is 24.2 Å². The SMILES string of the molecule is Cc1c(N2Cc3cccc(OCCNCCC(=O)N4CCN(c5ccc(C#N)cn5)CC4)c3C2)cn[nH]c1=O. The van der Waals surface area contributed by atoms with Crippen molar-refractivity contribution in [3.8, 4) is 11.8 Å². The minimum absolute atomic E-state index is 0.140. The number of benzene rings is 1. The van der Waals surface area contributed by atoms with Crippen LogP contribution < -0.4 is 25.4 Å². The summed E-state index contributed by atoms with van der Waals surface area (Å²) in [4.78, 5) is 35.1. The number of H-pyrrole nitrogens is 1.